The van der Waals surface area contributed by atoms with E-state index < -0.39 is 0 Å². The van der Waals surface area contributed by atoms with Crippen molar-refractivity contribution >= 4 is 0 Å². The van der Waals surface area contributed by atoms with Gasteiger partial charge in [-0.15, -0.1) is 0 Å². The van der Waals surface area contributed by atoms with Gasteiger partial charge in [0.1, 0.15) is 0 Å². The van der Waals surface area contributed by atoms with Crippen LogP contribution < -0.4 is 0 Å². The number of rotatable bonds is 10. The smallest absolute Gasteiger partial charge is 0.0207 e. The van der Waals surface area contributed by atoms with Crippen molar-refractivity contribution in [2.24, 2.45) is 107 Å². The Morgan fingerprint density at radius 3 is 0.722 bits per heavy atom. The van der Waals surface area contributed by atoms with Gasteiger partial charge in [-0.2, -0.15) is 0 Å². The fourth-order valence-electron chi connectivity index (χ4n) is 13.1. The van der Waals surface area contributed by atoms with E-state index in [0.29, 0.717) is 0 Å². The van der Waals surface area contributed by atoms with E-state index in [1.807, 2.05) is 111 Å². The zero-order valence-electron chi connectivity index (χ0n) is 75.1. The second-order valence-corrected chi connectivity index (χ2v) is 30.9. The van der Waals surface area contributed by atoms with Crippen LogP contribution in [0.3, 0.4) is 0 Å². The van der Waals surface area contributed by atoms with Crippen molar-refractivity contribution in [1.82, 2.24) is 0 Å². The molecule has 0 nitrogen and oxygen atoms in total. The third kappa shape index (κ3) is 69.9. The lowest BCUT2D eigenvalue weighted by Gasteiger charge is -2.28. The van der Waals surface area contributed by atoms with Crippen LogP contribution in [0.4, 0.5) is 0 Å². The van der Waals surface area contributed by atoms with Crippen molar-refractivity contribution in [3.63, 3.8) is 0 Å². The van der Waals surface area contributed by atoms with Crippen LogP contribution in [0.1, 0.15) is 448 Å². The van der Waals surface area contributed by atoms with E-state index in [1.165, 1.54) is 199 Å². The monoisotopic (exact) mass is 1360 g/mol. The Bertz CT molecular complexity index is 1590. The minimum atomic E-state index is 0.797. The highest BCUT2D eigenvalue weighted by Crippen LogP contribution is 2.36. The quantitative estimate of drug-likeness (QED) is 0.191. The second-order valence-electron chi connectivity index (χ2n) is 30.9. The topological polar surface area (TPSA) is 0 Å². The molecule has 97 heavy (non-hydrogen) atoms. The Balaban J connectivity index is -0.000000148. The summed E-state index contributed by atoms with van der Waals surface area (Å²) in [7, 11) is 0. The molecule has 0 aromatic rings. The number of hydrogen-bond acceptors (Lipinski definition) is 0. The Morgan fingerprint density at radius 2 is 0.526 bits per heavy atom. The van der Waals surface area contributed by atoms with Gasteiger partial charge in [0, 0.05) is 0 Å². The fraction of sp³-hybridized carbons (Fsp3) is 0.876. The van der Waals surface area contributed by atoms with Gasteiger partial charge >= 0.3 is 0 Å². The van der Waals surface area contributed by atoms with Crippen LogP contribution in [-0.2, 0) is 0 Å². The van der Waals surface area contributed by atoms with Crippen molar-refractivity contribution in [3.05, 3.63) is 71.9 Å². The SMILES string of the molecule is CC.CC.CC.CC.CC.CC.CC.CC.CC(C)C1=CCCC1.CC(C)C1=CCCCC1.CC(C)C1C=CCC1.CC(C)C1C=CCCC1.CC(C)C1CC1.CC(C)C1CC=CC1.CC(C)C1CC=CCC1.CC(C)C1CCC1.CC(C)C1CCCC1.CC(C)C1CCCCC1. The lowest BCUT2D eigenvalue weighted by Crippen LogP contribution is -2.16. The van der Waals surface area contributed by atoms with Crippen molar-refractivity contribution in [2.45, 2.75) is 448 Å². The van der Waals surface area contributed by atoms with Crippen LogP contribution in [0.15, 0.2) is 71.9 Å². The van der Waals surface area contributed by atoms with Gasteiger partial charge in [-0.25, -0.2) is 0 Å². The van der Waals surface area contributed by atoms with Gasteiger partial charge in [0.25, 0.3) is 0 Å². The van der Waals surface area contributed by atoms with Gasteiger partial charge in [-0.1, -0.05) is 398 Å². The molecule has 0 saturated heterocycles. The van der Waals surface area contributed by atoms with Crippen LogP contribution in [0.5, 0.6) is 0 Å². The average Bonchev–Trinajstić information content (AvgIpc) is 2.90. The van der Waals surface area contributed by atoms with Gasteiger partial charge in [-0.05, 0) is 229 Å². The Kier molecular flexibility index (Phi) is 95.7. The predicted molar refractivity (Wildman–Crippen MR) is 463 cm³/mol. The first-order valence-corrected chi connectivity index (χ1v) is 44.6. The molecule has 0 aromatic heterocycles. The van der Waals surface area contributed by atoms with E-state index in [4.69, 9.17) is 0 Å². The molecular formula is C97H198. The van der Waals surface area contributed by atoms with Crippen LogP contribution in [-0.4, -0.2) is 0 Å². The maximum Gasteiger partial charge on any atom is -0.0207 e. The van der Waals surface area contributed by atoms with Crippen LogP contribution in [0.2, 0.25) is 0 Å². The summed E-state index contributed by atoms with van der Waals surface area (Å²) in [6, 6.07) is 0. The molecule has 0 radical (unpaired) electrons. The third-order valence-electron chi connectivity index (χ3n) is 20.8. The molecule has 10 rings (SSSR count). The van der Waals surface area contributed by atoms with Crippen LogP contribution in [0.25, 0.3) is 0 Å². The van der Waals surface area contributed by atoms with E-state index in [2.05, 4.69) is 199 Å². The molecule has 0 N–H and O–H groups in total. The summed E-state index contributed by atoms with van der Waals surface area (Å²) in [6.45, 7) is 78.2. The Morgan fingerprint density at radius 1 is 0.216 bits per heavy atom. The Labute approximate surface area is 623 Å². The van der Waals surface area contributed by atoms with Gasteiger partial charge < -0.3 is 0 Å². The first kappa shape index (κ1) is 111. The van der Waals surface area contributed by atoms with E-state index in [-0.39, 0.29) is 0 Å². The molecule has 0 spiro atoms. The molecule has 586 valence electrons. The summed E-state index contributed by atoms with van der Waals surface area (Å²) in [4.78, 5) is 0. The van der Waals surface area contributed by atoms with Gasteiger partial charge in [0.2, 0.25) is 0 Å². The zero-order valence-corrected chi connectivity index (χ0v) is 75.1. The highest BCUT2D eigenvalue weighted by molar-refractivity contribution is 5.09. The third-order valence-corrected chi connectivity index (χ3v) is 20.8. The van der Waals surface area contributed by atoms with Crippen LogP contribution in [0, 0.1) is 107 Å². The first-order valence-electron chi connectivity index (χ1n) is 44.6. The molecule has 0 heteroatoms. The molecule has 3 unspecified atom stereocenters. The molecule has 3 atom stereocenters. The van der Waals surface area contributed by atoms with E-state index >= 15 is 0 Å². The minimum Gasteiger partial charge on any atom is -0.0885 e. The molecule has 4 fully saturated rings. The minimum absolute atomic E-state index is 0.797. The van der Waals surface area contributed by atoms with Gasteiger partial charge in [0.05, 0.1) is 0 Å². The van der Waals surface area contributed by atoms with E-state index in [1.54, 1.807) is 11.1 Å². The van der Waals surface area contributed by atoms with E-state index in [0.717, 1.165) is 107 Å². The molecule has 0 aromatic carbocycles. The van der Waals surface area contributed by atoms with Crippen molar-refractivity contribution in [1.29, 1.82) is 0 Å². The molecule has 10 aliphatic rings. The lowest BCUT2D eigenvalue weighted by molar-refractivity contribution is 0.235. The standard InChI is InChI=1S/C9H18.3C9H16.C8H16.3C8H14.C7H14.C6H12.8C2H6/c4*1-8(2)9-6-4-3-5-7-9;4*1-7(2)8-5-3-4-6-8;1-6(2)7-4-3-5-7;1-5(2)6-3-4-6;8*1-2/h8-9H,3-7H2,1-2H3;6,8H,3-5,7H2,1-2H3;4,6,8-9H,3,5,7H2,1-2H3;3-4,8-9H,5-7H2,1-2H3;7-8H,3-6H2,1-2H3;5,7H,3-4,6H2,1-2H3;3,5,7-8H,4,6H2,1-2H3;3-4,7-8H,5-6H2,1-2H3;6-7H,3-5H2,1-2H3;5-6H,3-4H2,1-2H3;8*1-2H3. The fourth-order valence-corrected chi connectivity index (χ4v) is 13.1. The summed E-state index contributed by atoms with van der Waals surface area (Å²) in [6.07, 6.45) is 67.4. The lowest BCUT2D eigenvalue weighted by atomic mass is 9.78. The summed E-state index contributed by atoms with van der Waals surface area (Å²) < 4.78 is 0. The van der Waals surface area contributed by atoms with Gasteiger partial charge in [-0.3, -0.25) is 0 Å². The average molecular weight is 1360 g/mol. The highest BCUT2D eigenvalue weighted by Gasteiger charge is 2.24. The summed E-state index contributed by atoms with van der Waals surface area (Å²) in [5, 5.41) is 0. The van der Waals surface area contributed by atoms with E-state index in [9.17, 15) is 0 Å². The van der Waals surface area contributed by atoms with Crippen molar-refractivity contribution in [2.75, 3.05) is 0 Å². The zero-order chi connectivity index (χ0) is 76.5. The normalized spacial score (nSPS) is 20.1. The Hall–Kier alpha value is -1.56. The summed E-state index contributed by atoms with van der Waals surface area (Å²) in [5.41, 5.74) is 3.35. The second kappa shape index (κ2) is 83.4. The summed E-state index contributed by atoms with van der Waals surface area (Å²) in [5.74, 6) is 16.8. The molecule has 4 saturated carbocycles. The predicted octanol–water partition coefficient (Wildman–Crippen LogP) is 35.9. The maximum absolute atomic E-state index is 2.42. The highest BCUT2D eigenvalue weighted by atomic mass is 14.3. The number of hydrogen-bond donors (Lipinski definition) is 0. The number of allylic oxidation sites excluding steroid dienone is 12. The first-order chi connectivity index (χ1) is 46.5. The maximum atomic E-state index is 2.42. The summed E-state index contributed by atoms with van der Waals surface area (Å²) >= 11 is 0. The van der Waals surface area contributed by atoms with Crippen molar-refractivity contribution in [3.8, 4) is 0 Å². The van der Waals surface area contributed by atoms with Crippen molar-refractivity contribution < 1.29 is 0 Å². The molecule has 0 aliphatic heterocycles. The largest absolute Gasteiger partial charge is 0.0885 e. The van der Waals surface area contributed by atoms with Gasteiger partial charge in [0.15, 0.2) is 0 Å². The molecule has 0 heterocycles. The molecular weight excluding hydrogens is 1170 g/mol. The molecule has 0 amide bonds. The van der Waals surface area contributed by atoms with Crippen LogP contribution >= 0.6 is 0 Å². The molecule has 0 bridgehead atoms. The molecule has 10 aliphatic carbocycles.